The third-order valence-corrected chi connectivity index (χ3v) is 2.66. The van der Waals surface area contributed by atoms with Crippen LogP contribution >= 0.6 is 0 Å². The van der Waals surface area contributed by atoms with Gasteiger partial charge in [-0.05, 0) is 16.7 Å². The van der Waals surface area contributed by atoms with Crippen LogP contribution in [0.3, 0.4) is 0 Å². The molecule has 0 bridgehead atoms. The Labute approximate surface area is 98.7 Å². The highest BCUT2D eigenvalue weighted by Gasteiger charge is 2.32. The van der Waals surface area contributed by atoms with Crippen LogP contribution in [0.4, 0.5) is 0 Å². The van der Waals surface area contributed by atoms with Crippen LogP contribution in [0.1, 0.15) is 41.5 Å². The Hall–Kier alpha value is -0.830. The lowest BCUT2D eigenvalue weighted by molar-refractivity contribution is -0.137. The summed E-state index contributed by atoms with van der Waals surface area (Å²) in [4.78, 5) is 10.6. The predicted octanol–water partition coefficient (Wildman–Crippen LogP) is 2.66. The molecule has 0 aromatic heterocycles. The number of rotatable bonds is 3. The predicted molar refractivity (Wildman–Crippen MR) is 67.2 cm³/mol. The number of nitrogens with two attached hydrogens (primary N) is 1. The van der Waals surface area contributed by atoms with Gasteiger partial charge in [0.25, 0.3) is 0 Å². The van der Waals surface area contributed by atoms with E-state index in [4.69, 9.17) is 10.8 Å². The monoisotopic (exact) mass is 227 g/mol. The van der Waals surface area contributed by atoms with E-state index in [0.29, 0.717) is 0 Å². The third kappa shape index (κ3) is 4.79. The summed E-state index contributed by atoms with van der Waals surface area (Å²) in [6, 6.07) is -0.910. The molecule has 1 unspecified atom stereocenters. The highest BCUT2D eigenvalue weighted by molar-refractivity contribution is 5.75. The zero-order chi connectivity index (χ0) is 13.1. The number of hydrogen-bond acceptors (Lipinski definition) is 2. The summed E-state index contributed by atoms with van der Waals surface area (Å²) in [6.45, 7) is 12.9. The maximum Gasteiger partial charge on any atom is 0.324 e. The smallest absolute Gasteiger partial charge is 0.324 e. The Morgan fingerprint density at radius 3 is 1.69 bits per heavy atom. The summed E-state index contributed by atoms with van der Waals surface area (Å²) in [7, 11) is 0. The molecule has 3 N–H and O–H groups in total. The van der Waals surface area contributed by atoms with Crippen molar-refractivity contribution in [2.45, 2.75) is 47.6 Å². The Kier molecular flexibility index (Phi) is 4.74. The quantitative estimate of drug-likeness (QED) is 0.729. The molecule has 0 saturated heterocycles. The molecule has 16 heavy (non-hydrogen) atoms. The van der Waals surface area contributed by atoms with Gasteiger partial charge >= 0.3 is 5.97 Å². The van der Waals surface area contributed by atoms with Crippen molar-refractivity contribution in [1.82, 2.24) is 0 Å². The lowest BCUT2D eigenvalue weighted by Gasteiger charge is -2.39. The minimum atomic E-state index is -0.988. The second-order valence-corrected chi connectivity index (χ2v) is 6.46. The maximum atomic E-state index is 10.6. The zero-order valence-electron chi connectivity index (χ0n) is 11.2. The summed E-state index contributed by atoms with van der Waals surface area (Å²) in [5, 5.41) is 8.72. The number of hydrogen-bond donors (Lipinski definition) is 2. The van der Waals surface area contributed by atoms with E-state index >= 15 is 0 Å². The molecule has 1 atom stereocenters. The van der Waals surface area contributed by atoms with Gasteiger partial charge in [0.1, 0.15) is 6.04 Å². The molecule has 0 saturated carbocycles. The topological polar surface area (TPSA) is 63.3 Å². The van der Waals surface area contributed by atoms with Crippen LogP contribution in [0, 0.1) is 16.7 Å². The fourth-order valence-corrected chi connectivity index (χ4v) is 2.19. The van der Waals surface area contributed by atoms with Crippen LogP contribution in [0.2, 0.25) is 0 Å². The van der Waals surface area contributed by atoms with Gasteiger partial charge in [0.15, 0.2) is 0 Å². The molecule has 0 rings (SSSR count). The lowest BCUT2D eigenvalue weighted by Crippen LogP contribution is -2.33. The van der Waals surface area contributed by atoms with Gasteiger partial charge in [0.2, 0.25) is 0 Å². The average Bonchev–Trinajstić information content (AvgIpc) is 1.98. The first kappa shape index (κ1) is 15.2. The van der Waals surface area contributed by atoms with Gasteiger partial charge in [-0.3, -0.25) is 4.79 Å². The molecule has 0 fully saturated rings. The first-order chi connectivity index (χ1) is 6.96. The fraction of sp³-hybridized carbons (Fsp3) is 0.769. The van der Waals surface area contributed by atoms with Crippen LogP contribution in [0.5, 0.6) is 0 Å². The molecule has 0 aliphatic rings. The molecule has 0 amide bonds. The largest absolute Gasteiger partial charge is 0.480 e. The number of carboxylic acid groups (broad SMARTS) is 1. The van der Waals surface area contributed by atoms with Crippen molar-refractivity contribution in [3.63, 3.8) is 0 Å². The van der Waals surface area contributed by atoms with Crippen molar-refractivity contribution in [2.24, 2.45) is 22.5 Å². The van der Waals surface area contributed by atoms with Crippen molar-refractivity contribution in [3.8, 4) is 0 Å². The van der Waals surface area contributed by atoms with E-state index in [1.54, 1.807) is 6.08 Å². The zero-order valence-corrected chi connectivity index (χ0v) is 11.2. The average molecular weight is 227 g/mol. The van der Waals surface area contributed by atoms with Crippen molar-refractivity contribution in [3.05, 3.63) is 12.2 Å². The summed E-state index contributed by atoms with van der Waals surface area (Å²) >= 11 is 0. The van der Waals surface area contributed by atoms with Crippen LogP contribution in [0.15, 0.2) is 12.2 Å². The van der Waals surface area contributed by atoms with Gasteiger partial charge in [-0.2, -0.15) is 0 Å². The molecule has 0 spiro atoms. The number of carbonyl (C=O) groups is 1. The summed E-state index contributed by atoms with van der Waals surface area (Å²) < 4.78 is 0. The van der Waals surface area contributed by atoms with Crippen LogP contribution < -0.4 is 5.73 Å². The Morgan fingerprint density at radius 2 is 1.44 bits per heavy atom. The van der Waals surface area contributed by atoms with E-state index in [1.165, 1.54) is 0 Å². The van der Waals surface area contributed by atoms with E-state index in [9.17, 15) is 4.79 Å². The first-order valence-electron chi connectivity index (χ1n) is 5.63. The first-order valence-corrected chi connectivity index (χ1v) is 5.63. The molecule has 94 valence electrons. The van der Waals surface area contributed by atoms with Crippen molar-refractivity contribution >= 4 is 5.97 Å². The summed E-state index contributed by atoms with van der Waals surface area (Å²) in [5.41, 5.74) is 5.65. The van der Waals surface area contributed by atoms with Gasteiger partial charge in [0.05, 0.1) is 0 Å². The molecule has 3 heteroatoms. The van der Waals surface area contributed by atoms with Gasteiger partial charge in [0, 0.05) is 0 Å². The van der Waals surface area contributed by atoms with Crippen LogP contribution in [-0.4, -0.2) is 17.1 Å². The van der Waals surface area contributed by atoms with E-state index in [2.05, 4.69) is 41.5 Å². The standard InChI is InChI=1S/C13H25NO2/c1-12(2,3)10(13(4,5)6)8-7-9(14)11(15)16/h7-10H,14H2,1-6H3,(H,15,16). The van der Waals surface area contributed by atoms with E-state index in [-0.39, 0.29) is 16.7 Å². The normalized spacial score (nSPS) is 15.8. The molecule has 0 aliphatic heterocycles. The van der Waals surface area contributed by atoms with E-state index in [1.807, 2.05) is 6.08 Å². The third-order valence-electron chi connectivity index (χ3n) is 2.66. The number of carboxylic acids is 1. The van der Waals surface area contributed by atoms with Gasteiger partial charge in [-0.15, -0.1) is 0 Å². The van der Waals surface area contributed by atoms with E-state index in [0.717, 1.165) is 0 Å². The lowest BCUT2D eigenvalue weighted by atomic mass is 9.66. The highest BCUT2D eigenvalue weighted by atomic mass is 16.4. The Morgan fingerprint density at radius 1 is 1.06 bits per heavy atom. The number of aliphatic carboxylic acids is 1. The van der Waals surface area contributed by atoms with Gasteiger partial charge in [-0.25, -0.2) is 0 Å². The van der Waals surface area contributed by atoms with Crippen molar-refractivity contribution < 1.29 is 9.90 Å². The highest BCUT2D eigenvalue weighted by Crippen LogP contribution is 2.40. The minimum absolute atomic E-state index is 0.0903. The second kappa shape index (κ2) is 5.00. The molecule has 3 nitrogen and oxygen atoms in total. The van der Waals surface area contributed by atoms with Crippen LogP contribution in [0.25, 0.3) is 0 Å². The maximum absolute atomic E-state index is 10.6. The molecule has 0 aromatic rings. The molecule has 0 heterocycles. The number of allylic oxidation sites excluding steroid dienone is 1. The molecule has 0 aromatic carbocycles. The van der Waals surface area contributed by atoms with E-state index < -0.39 is 12.0 Å². The van der Waals surface area contributed by atoms with Gasteiger partial charge in [-0.1, -0.05) is 53.7 Å². The molecule has 0 radical (unpaired) electrons. The fourth-order valence-electron chi connectivity index (χ4n) is 2.19. The summed E-state index contributed by atoms with van der Waals surface area (Å²) in [5.74, 6) is -0.705. The minimum Gasteiger partial charge on any atom is -0.480 e. The Balaban J connectivity index is 4.91. The van der Waals surface area contributed by atoms with Crippen molar-refractivity contribution in [1.29, 1.82) is 0 Å². The van der Waals surface area contributed by atoms with Crippen LogP contribution in [-0.2, 0) is 4.79 Å². The van der Waals surface area contributed by atoms with Crippen molar-refractivity contribution in [2.75, 3.05) is 0 Å². The Bertz CT molecular complexity index is 255. The molecular formula is C13H25NO2. The van der Waals surface area contributed by atoms with Gasteiger partial charge < -0.3 is 10.8 Å². The second-order valence-electron chi connectivity index (χ2n) is 6.46. The molecular weight excluding hydrogens is 202 g/mol. The SMILES string of the molecule is CC(C)(C)C(C=CC(N)C(=O)O)C(C)(C)C. The summed E-state index contributed by atoms with van der Waals surface area (Å²) in [6.07, 6.45) is 3.53. The molecule has 0 aliphatic carbocycles.